The zero-order valence-electron chi connectivity index (χ0n) is 13.3. The van der Waals surface area contributed by atoms with Crippen LogP contribution in [-0.2, 0) is 0 Å². The van der Waals surface area contributed by atoms with Crippen LogP contribution in [0.2, 0.25) is 0 Å². The van der Waals surface area contributed by atoms with Crippen molar-refractivity contribution in [2.24, 2.45) is 0 Å². The van der Waals surface area contributed by atoms with Crippen LogP contribution in [-0.4, -0.2) is 31.1 Å². The molecule has 1 aliphatic rings. The maximum absolute atomic E-state index is 12.5. The molecular formula is C18H22N2O2S. The van der Waals surface area contributed by atoms with Crippen LogP contribution in [0.4, 0.5) is 9.80 Å². The fraction of sp³-hybridized carbons (Fsp3) is 0.389. The summed E-state index contributed by atoms with van der Waals surface area (Å²) in [5.74, 6) is 1.26. The van der Waals surface area contributed by atoms with Gasteiger partial charge in [-0.25, -0.2) is 4.79 Å². The smallest absolute Gasteiger partial charge is 0.322 e. The van der Waals surface area contributed by atoms with Crippen LogP contribution in [0.1, 0.15) is 30.7 Å². The molecule has 0 saturated carbocycles. The minimum atomic E-state index is 0.00728. The number of likely N-dealkylation sites (tertiary alicyclic amines) is 1. The van der Waals surface area contributed by atoms with E-state index in [1.54, 1.807) is 18.4 Å². The number of urea groups is 1. The van der Waals surface area contributed by atoms with Crippen LogP contribution < -0.4 is 10.1 Å². The molecule has 1 saturated heterocycles. The summed E-state index contributed by atoms with van der Waals surface area (Å²) in [4.78, 5) is 14.4. The van der Waals surface area contributed by atoms with Crippen molar-refractivity contribution in [3.8, 4) is 5.75 Å². The first-order valence-electron chi connectivity index (χ1n) is 7.99. The summed E-state index contributed by atoms with van der Waals surface area (Å²) in [6.07, 6.45) is 3.33. The van der Waals surface area contributed by atoms with Gasteiger partial charge in [0.15, 0.2) is 0 Å². The summed E-state index contributed by atoms with van der Waals surface area (Å²) in [6, 6.07) is 12.1. The Bertz CT molecular complexity index is 625. The van der Waals surface area contributed by atoms with Gasteiger partial charge >= 0.3 is 6.03 Å². The molecule has 2 heterocycles. The quantitative estimate of drug-likeness (QED) is 0.896. The zero-order valence-corrected chi connectivity index (χ0v) is 14.1. The molecule has 1 aromatic carbocycles. The highest BCUT2D eigenvalue weighted by atomic mass is 32.1. The van der Waals surface area contributed by atoms with Crippen molar-refractivity contribution < 1.29 is 9.53 Å². The molecule has 2 aromatic rings. The van der Waals surface area contributed by atoms with E-state index in [-0.39, 0.29) is 6.03 Å². The van der Waals surface area contributed by atoms with Gasteiger partial charge in [-0.2, -0.15) is 0 Å². The van der Waals surface area contributed by atoms with Crippen LogP contribution in [0.15, 0.2) is 41.8 Å². The van der Waals surface area contributed by atoms with Crippen LogP contribution in [0.5, 0.6) is 5.75 Å². The number of rotatable bonds is 3. The first-order valence-corrected chi connectivity index (χ1v) is 8.87. The average molecular weight is 330 g/mol. The predicted octanol–water partition coefficient (Wildman–Crippen LogP) is 4.56. The number of carbonyl (C=O) groups is 1. The van der Waals surface area contributed by atoms with Gasteiger partial charge in [0.25, 0.3) is 0 Å². The van der Waals surface area contributed by atoms with Gasteiger partial charge < -0.3 is 9.64 Å². The highest BCUT2D eigenvalue weighted by molar-refractivity contribution is 7.14. The van der Waals surface area contributed by atoms with E-state index in [0.29, 0.717) is 5.92 Å². The number of nitrogens with one attached hydrogen (secondary N) is 1. The number of nitrogens with zero attached hydrogens (tertiary/aromatic N) is 1. The molecule has 0 radical (unpaired) electrons. The molecule has 1 unspecified atom stereocenters. The third kappa shape index (κ3) is 4.05. The molecule has 2 amide bonds. The Morgan fingerprint density at radius 2 is 2.09 bits per heavy atom. The normalized spacial score (nSPS) is 18.3. The monoisotopic (exact) mass is 330 g/mol. The van der Waals surface area contributed by atoms with Gasteiger partial charge in [0.2, 0.25) is 0 Å². The van der Waals surface area contributed by atoms with E-state index in [1.165, 1.54) is 5.56 Å². The van der Waals surface area contributed by atoms with Crippen molar-refractivity contribution in [2.75, 3.05) is 25.5 Å². The van der Waals surface area contributed by atoms with E-state index in [1.807, 2.05) is 34.5 Å². The lowest BCUT2D eigenvalue weighted by Crippen LogP contribution is -2.37. The van der Waals surface area contributed by atoms with Crippen molar-refractivity contribution in [1.29, 1.82) is 0 Å². The molecule has 1 fully saturated rings. The molecule has 1 aromatic heterocycles. The van der Waals surface area contributed by atoms with Crippen LogP contribution >= 0.6 is 11.3 Å². The lowest BCUT2D eigenvalue weighted by atomic mass is 9.94. The largest absolute Gasteiger partial charge is 0.497 e. The van der Waals surface area contributed by atoms with Gasteiger partial charge in [-0.05, 0) is 48.1 Å². The van der Waals surface area contributed by atoms with Crippen molar-refractivity contribution in [3.63, 3.8) is 0 Å². The lowest BCUT2D eigenvalue weighted by molar-refractivity contribution is 0.211. The Hall–Kier alpha value is -2.01. The lowest BCUT2D eigenvalue weighted by Gasteiger charge is -2.25. The summed E-state index contributed by atoms with van der Waals surface area (Å²) >= 11 is 1.55. The summed E-state index contributed by atoms with van der Waals surface area (Å²) in [5, 5.41) is 5.87. The fourth-order valence-corrected chi connectivity index (χ4v) is 3.62. The second-order valence-electron chi connectivity index (χ2n) is 5.82. The topological polar surface area (TPSA) is 41.6 Å². The van der Waals surface area contributed by atoms with E-state index in [0.717, 1.165) is 43.1 Å². The van der Waals surface area contributed by atoms with E-state index in [9.17, 15) is 4.79 Å². The first-order chi connectivity index (χ1) is 11.3. The van der Waals surface area contributed by atoms with Gasteiger partial charge in [-0.3, -0.25) is 5.32 Å². The van der Waals surface area contributed by atoms with Gasteiger partial charge in [0.05, 0.1) is 12.1 Å². The number of carbonyl (C=O) groups excluding carboxylic acids is 1. The van der Waals surface area contributed by atoms with Gasteiger partial charge in [-0.15, -0.1) is 11.3 Å². The number of benzene rings is 1. The number of anilines is 1. The molecule has 1 N–H and O–H groups in total. The van der Waals surface area contributed by atoms with Gasteiger partial charge in [-0.1, -0.05) is 18.6 Å². The van der Waals surface area contributed by atoms with Gasteiger partial charge in [0.1, 0.15) is 5.75 Å². The summed E-state index contributed by atoms with van der Waals surface area (Å²) in [7, 11) is 1.68. The highest BCUT2D eigenvalue weighted by Gasteiger charge is 2.23. The van der Waals surface area contributed by atoms with Crippen molar-refractivity contribution in [3.05, 3.63) is 47.3 Å². The zero-order chi connectivity index (χ0) is 16.1. The SMILES string of the molecule is COc1ccc(C2CCCCN(C(=O)Nc3cccs3)C2)cc1. The third-order valence-corrected chi connectivity index (χ3v) is 5.08. The molecule has 0 bridgehead atoms. The first kappa shape index (κ1) is 15.9. The molecule has 1 atom stereocenters. The van der Waals surface area contributed by atoms with Crippen molar-refractivity contribution >= 4 is 22.4 Å². The second-order valence-corrected chi connectivity index (χ2v) is 6.77. The van der Waals surface area contributed by atoms with Crippen LogP contribution in [0.3, 0.4) is 0 Å². The second kappa shape index (κ2) is 7.51. The van der Waals surface area contributed by atoms with Crippen molar-refractivity contribution in [1.82, 2.24) is 4.90 Å². The van der Waals surface area contributed by atoms with Crippen molar-refractivity contribution in [2.45, 2.75) is 25.2 Å². The number of thiophene rings is 1. The third-order valence-electron chi connectivity index (χ3n) is 4.30. The Morgan fingerprint density at radius 1 is 1.26 bits per heavy atom. The molecule has 4 nitrogen and oxygen atoms in total. The number of hydrogen-bond acceptors (Lipinski definition) is 3. The molecule has 3 rings (SSSR count). The van der Waals surface area contributed by atoms with E-state index >= 15 is 0 Å². The standard InChI is InChI=1S/C18H22N2O2S/c1-22-16-9-7-14(8-10-16)15-5-2-3-11-20(13-15)18(21)19-17-6-4-12-23-17/h4,6-10,12,15H,2-3,5,11,13H2,1H3,(H,19,21). The minimum absolute atomic E-state index is 0.00728. The van der Waals surface area contributed by atoms with Crippen LogP contribution in [0, 0.1) is 0 Å². The summed E-state index contributed by atoms with van der Waals surface area (Å²) < 4.78 is 5.23. The Balaban J connectivity index is 1.68. The van der Waals surface area contributed by atoms with Crippen LogP contribution in [0.25, 0.3) is 0 Å². The molecule has 1 aliphatic heterocycles. The molecular weight excluding hydrogens is 308 g/mol. The highest BCUT2D eigenvalue weighted by Crippen LogP contribution is 2.28. The maximum atomic E-state index is 12.5. The van der Waals surface area contributed by atoms with E-state index in [2.05, 4.69) is 17.4 Å². The molecule has 23 heavy (non-hydrogen) atoms. The molecule has 5 heteroatoms. The average Bonchev–Trinajstić information content (AvgIpc) is 2.96. The molecule has 0 spiro atoms. The fourth-order valence-electron chi connectivity index (χ4n) is 3.01. The molecule has 0 aliphatic carbocycles. The van der Waals surface area contributed by atoms with Gasteiger partial charge in [0, 0.05) is 19.0 Å². The number of hydrogen-bond donors (Lipinski definition) is 1. The minimum Gasteiger partial charge on any atom is -0.497 e. The molecule has 122 valence electrons. The Labute approximate surface area is 141 Å². The summed E-state index contributed by atoms with van der Waals surface area (Å²) in [6.45, 7) is 1.59. The predicted molar refractivity (Wildman–Crippen MR) is 94.5 cm³/mol. The Kier molecular flexibility index (Phi) is 5.18. The maximum Gasteiger partial charge on any atom is 0.322 e. The van der Waals surface area contributed by atoms with E-state index < -0.39 is 0 Å². The number of ether oxygens (including phenoxy) is 1. The summed E-state index contributed by atoms with van der Waals surface area (Å²) in [5.41, 5.74) is 1.28. The Morgan fingerprint density at radius 3 is 2.78 bits per heavy atom. The van der Waals surface area contributed by atoms with E-state index in [4.69, 9.17) is 4.74 Å². The number of methoxy groups -OCH3 is 1. The number of amides is 2.